The zero-order valence-electron chi connectivity index (χ0n) is 16.9. The summed E-state index contributed by atoms with van der Waals surface area (Å²) < 4.78 is 20.5. The summed E-state index contributed by atoms with van der Waals surface area (Å²) in [6, 6.07) is 9.84. The largest absolute Gasteiger partial charge is 0.419 e. The highest BCUT2D eigenvalue weighted by atomic mass is 19.1. The van der Waals surface area contributed by atoms with Gasteiger partial charge in [0.25, 0.3) is 0 Å². The molecule has 0 atom stereocenters. The molecule has 0 unspecified atom stereocenters. The van der Waals surface area contributed by atoms with Crippen LogP contribution < -0.4 is 5.63 Å². The average molecular weight is 381 g/mol. The van der Waals surface area contributed by atoms with E-state index in [1.54, 1.807) is 0 Å². The molecule has 1 saturated carbocycles. The molecule has 28 heavy (non-hydrogen) atoms. The Hall–Kier alpha value is -2.16. The minimum Gasteiger partial charge on any atom is -0.419 e. The fourth-order valence-corrected chi connectivity index (χ4v) is 4.63. The molecule has 0 bridgehead atoms. The summed E-state index contributed by atoms with van der Waals surface area (Å²) in [5.74, 6) is 0.923. The molecule has 0 spiro atoms. The quantitative estimate of drug-likeness (QED) is 0.268. The third-order valence-electron chi connectivity index (χ3n) is 6.46. The van der Waals surface area contributed by atoms with E-state index in [-0.39, 0.29) is 11.4 Å². The Bertz CT molecular complexity index is 1040. The van der Waals surface area contributed by atoms with E-state index < -0.39 is 5.63 Å². The van der Waals surface area contributed by atoms with Gasteiger partial charge in [0, 0.05) is 10.8 Å². The van der Waals surface area contributed by atoms with Crippen LogP contribution in [0.1, 0.15) is 75.8 Å². The van der Waals surface area contributed by atoms with Crippen molar-refractivity contribution >= 4 is 21.7 Å². The van der Waals surface area contributed by atoms with E-state index in [1.807, 2.05) is 24.3 Å². The third-order valence-corrected chi connectivity index (χ3v) is 6.46. The van der Waals surface area contributed by atoms with Crippen molar-refractivity contribution in [1.82, 2.24) is 0 Å². The summed E-state index contributed by atoms with van der Waals surface area (Å²) in [5, 5.41) is 2.05. The number of rotatable bonds is 5. The number of halogens is 1. The van der Waals surface area contributed by atoms with Crippen LogP contribution in [0.5, 0.6) is 0 Å². The summed E-state index contributed by atoms with van der Waals surface area (Å²) in [4.78, 5) is 12.7. The lowest BCUT2D eigenvalue weighted by atomic mass is 9.79. The van der Waals surface area contributed by atoms with Crippen LogP contribution in [0.4, 0.5) is 4.39 Å². The Morgan fingerprint density at radius 2 is 1.75 bits per heavy atom. The minimum absolute atomic E-state index is 0.103. The van der Waals surface area contributed by atoms with Gasteiger partial charge in [-0.2, -0.15) is 0 Å². The highest BCUT2D eigenvalue weighted by Gasteiger charge is 2.21. The van der Waals surface area contributed by atoms with Crippen molar-refractivity contribution in [2.45, 2.75) is 71.1 Å². The summed E-state index contributed by atoms with van der Waals surface area (Å²) in [6.07, 6.45) is 8.60. The fraction of sp³-hybridized carbons (Fsp3) is 0.480. The van der Waals surface area contributed by atoms with Gasteiger partial charge in [0.15, 0.2) is 11.4 Å². The number of unbranched alkanes of at least 4 members (excludes halogenated alkanes) is 2. The van der Waals surface area contributed by atoms with Crippen molar-refractivity contribution in [1.29, 1.82) is 0 Å². The van der Waals surface area contributed by atoms with E-state index in [0.29, 0.717) is 28.7 Å². The lowest BCUT2D eigenvalue weighted by Gasteiger charge is -2.26. The van der Waals surface area contributed by atoms with E-state index in [0.717, 1.165) is 30.6 Å². The van der Waals surface area contributed by atoms with Crippen LogP contribution in [0.25, 0.3) is 21.7 Å². The van der Waals surface area contributed by atoms with E-state index in [4.69, 9.17) is 4.42 Å². The molecule has 1 aliphatic rings. The molecule has 148 valence electrons. The smallest absolute Gasteiger partial charge is 0.344 e. The lowest BCUT2D eigenvalue weighted by molar-refractivity contribution is 0.348. The highest BCUT2D eigenvalue weighted by Crippen LogP contribution is 2.37. The van der Waals surface area contributed by atoms with Crippen LogP contribution in [0.15, 0.2) is 39.5 Å². The van der Waals surface area contributed by atoms with Gasteiger partial charge in [0.2, 0.25) is 0 Å². The number of benzene rings is 2. The number of aryl methyl sites for hydroxylation is 1. The first-order valence-electron chi connectivity index (χ1n) is 10.8. The predicted molar refractivity (Wildman–Crippen MR) is 114 cm³/mol. The van der Waals surface area contributed by atoms with E-state index in [9.17, 15) is 9.18 Å². The Labute approximate surface area is 165 Å². The predicted octanol–water partition coefficient (Wildman–Crippen LogP) is 7.11. The zero-order chi connectivity index (χ0) is 19.7. The van der Waals surface area contributed by atoms with Crippen molar-refractivity contribution in [3.8, 4) is 0 Å². The molecule has 0 radical (unpaired) electrons. The maximum atomic E-state index is 15.0. The summed E-state index contributed by atoms with van der Waals surface area (Å²) in [7, 11) is 0. The molecule has 0 saturated heterocycles. The Morgan fingerprint density at radius 1 is 1.00 bits per heavy atom. The normalized spacial score (nSPS) is 20.1. The van der Waals surface area contributed by atoms with Crippen molar-refractivity contribution in [2.75, 3.05) is 0 Å². The minimum atomic E-state index is -0.432. The second-order valence-electron chi connectivity index (χ2n) is 8.52. The number of fused-ring (bicyclic) bond motifs is 3. The van der Waals surface area contributed by atoms with Crippen LogP contribution in [0.2, 0.25) is 0 Å². The SMILES string of the molecule is CCCCCc1ccc2c(oc(=O)c3cc(C4CCC(C)CC4)ccc32)c1F. The zero-order valence-corrected chi connectivity index (χ0v) is 16.9. The van der Waals surface area contributed by atoms with E-state index in [2.05, 4.69) is 19.9 Å². The molecular formula is C25H29FO2. The van der Waals surface area contributed by atoms with Gasteiger partial charge >= 0.3 is 5.63 Å². The lowest BCUT2D eigenvalue weighted by Crippen LogP contribution is -2.11. The molecule has 3 heteroatoms. The second-order valence-corrected chi connectivity index (χ2v) is 8.52. The van der Waals surface area contributed by atoms with Crippen LogP contribution in [0.3, 0.4) is 0 Å². The average Bonchev–Trinajstić information content (AvgIpc) is 2.71. The molecule has 0 aliphatic heterocycles. The molecule has 2 nitrogen and oxygen atoms in total. The molecule has 1 aromatic heterocycles. The van der Waals surface area contributed by atoms with Gasteiger partial charge < -0.3 is 4.42 Å². The molecule has 1 heterocycles. The van der Waals surface area contributed by atoms with Crippen molar-refractivity contribution in [3.63, 3.8) is 0 Å². The monoisotopic (exact) mass is 380 g/mol. The Kier molecular flexibility index (Phi) is 5.52. The Balaban J connectivity index is 1.75. The first-order valence-corrected chi connectivity index (χ1v) is 10.8. The Morgan fingerprint density at radius 3 is 2.50 bits per heavy atom. The molecule has 0 amide bonds. The van der Waals surface area contributed by atoms with Gasteiger partial charge in [0.05, 0.1) is 5.39 Å². The van der Waals surface area contributed by atoms with Gasteiger partial charge in [-0.15, -0.1) is 0 Å². The summed E-state index contributed by atoms with van der Waals surface area (Å²) >= 11 is 0. The van der Waals surface area contributed by atoms with Gasteiger partial charge in [-0.1, -0.05) is 63.8 Å². The van der Waals surface area contributed by atoms with Crippen molar-refractivity contribution in [3.05, 3.63) is 57.7 Å². The highest BCUT2D eigenvalue weighted by molar-refractivity contribution is 6.04. The molecule has 1 fully saturated rings. The van der Waals surface area contributed by atoms with E-state index in [1.165, 1.54) is 31.2 Å². The van der Waals surface area contributed by atoms with Crippen LogP contribution in [-0.4, -0.2) is 0 Å². The van der Waals surface area contributed by atoms with Crippen LogP contribution in [0, 0.1) is 11.7 Å². The van der Waals surface area contributed by atoms with Crippen LogP contribution >= 0.6 is 0 Å². The van der Waals surface area contributed by atoms with Crippen molar-refractivity contribution in [2.24, 2.45) is 5.92 Å². The molecule has 3 aromatic rings. The molecule has 1 aliphatic carbocycles. The maximum absolute atomic E-state index is 15.0. The van der Waals surface area contributed by atoms with Crippen LogP contribution in [-0.2, 0) is 6.42 Å². The fourth-order valence-electron chi connectivity index (χ4n) is 4.63. The van der Waals surface area contributed by atoms with Gasteiger partial charge in [-0.3, -0.25) is 0 Å². The maximum Gasteiger partial charge on any atom is 0.344 e. The second kappa shape index (κ2) is 8.06. The molecular weight excluding hydrogens is 351 g/mol. The molecule has 2 aromatic carbocycles. The van der Waals surface area contributed by atoms with Gasteiger partial charge in [-0.25, -0.2) is 9.18 Å². The number of hydrogen-bond acceptors (Lipinski definition) is 2. The first-order chi connectivity index (χ1) is 13.6. The molecule has 4 rings (SSSR count). The van der Waals surface area contributed by atoms with Gasteiger partial charge in [-0.05, 0) is 54.7 Å². The standard InChI is InChI=1S/C25H29FO2/c1-3-4-5-6-18-11-14-21-20-13-12-19(17-9-7-16(2)8-10-17)15-22(20)25(27)28-24(21)23(18)26/h11-17H,3-10H2,1-2H3. The summed E-state index contributed by atoms with van der Waals surface area (Å²) in [6.45, 7) is 4.44. The number of hydrogen-bond donors (Lipinski definition) is 0. The van der Waals surface area contributed by atoms with Gasteiger partial charge in [0.1, 0.15) is 0 Å². The summed E-state index contributed by atoms with van der Waals surface area (Å²) in [5.41, 5.74) is 1.52. The van der Waals surface area contributed by atoms with Crippen molar-refractivity contribution < 1.29 is 8.81 Å². The first kappa shape index (κ1) is 19.2. The van der Waals surface area contributed by atoms with E-state index >= 15 is 0 Å². The topological polar surface area (TPSA) is 30.2 Å². The molecule has 0 N–H and O–H groups in total. The third kappa shape index (κ3) is 3.59.